The summed E-state index contributed by atoms with van der Waals surface area (Å²) in [7, 11) is -3.94. The van der Waals surface area contributed by atoms with E-state index in [1.807, 2.05) is 38.1 Å². The van der Waals surface area contributed by atoms with Crippen molar-refractivity contribution in [2.45, 2.75) is 18.7 Å². The molecule has 0 radical (unpaired) electrons. The Labute approximate surface area is 185 Å². The van der Waals surface area contributed by atoms with Gasteiger partial charge in [0.05, 0.1) is 4.90 Å². The number of carbonyl (C=O) groups is 1. The van der Waals surface area contributed by atoms with Gasteiger partial charge in [-0.1, -0.05) is 54.1 Å². The first kappa shape index (κ1) is 21.3. The summed E-state index contributed by atoms with van der Waals surface area (Å²) in [5, 5.41) is 7.46. The van der Waals surface area contributed by atoms with Crippen LogP contribution in [0.25, 0.3) is 11.0 Å². The molecule has 0 saturated carbocycles. The van der Waals surface area contributed by atoms with E-state index in [-0.39, 0.29) is 16.0 Å². The van der Waals surface area contributed by atoms with Crippen molar-refractivity contribution in [3.63, 3.8) is 0 Å². The number of amides is 1. The van der Waals surface area contributed by atoms with E-state index in [1.54, 1.807) is 42.5 Å². The third-order valence-corrected chi connectivity index (χ3v) is 6.12. The number of para-hydroxylation sites is 2. The van der Waals surface area contributed by atoms with E-state index in [0.29, 0.717) is 16.7 Å². The molecule has 7 nitrogen and oxygen atoms in total. The van der Waals surface area contributed by atoms with Crippen LogP contribution in [-0.2, 0) is 10.0 Å². The second-order valence-electron chi connectivity index (χ2n) is 7.29. The Bertz CT molecular complexity index is 1470. The van der Waals surface area contributed by atoms with E-state index in [0.717, 1.165) is 11.1 Å². The van der Waals surface area contributed by atoms with Crippen molar-refractivity contribution in [1.29, 1.82) is 0 Å². The molecule has 0 fully saturated rings. The maximum Gasteiger partial charge on any atom is 0.276 e. The summed E-state index contributed by atoms with van der Waals surface area (Å²) in [5.41, 5.74) is 2.87. The second kappa shape index (κ2) is 8.68. The molecule has 0 unspecified atom stereocenters. The number of benzene rings is 3. The molecule has 0 aliphatic rings. The van der Waals surface area contributed by atoms with E-state index < -0.39 is 15.9 Å². The van der Waals surface area contributed by atoms with Crippen LogP contribution in [0.2, 0.25) is 0 Å². The Kier molecular flexibility index (Phi) is 5.79. The molecule has 0 atom stereocenters. The van der Waals surface area contributed by atoms with Gasteiger partial charge < -0.3 is 9.73 Å². The Balaban J connectivity index is 1.76. The second-order valence-corrected chi connectivity index (χ2v) is 8.95. The monoisotopic (exact) mass is 447 g/mol. The molecule has 4 rings (SSSR count). The van der Waals surface area contributed by atoms with Gasteiger partial charge in [0.15, 0.2) is 0 Å². The number of hydrogen-bond acceptors (Lipinski definition) is 5. The highest BCUT2D eigenvalue weighted by Gasteiger charge is 2.16. The normalized spacial score (nSPS) is 12.0. The molecule has 162 valence electrons. The van der Waals surface area contributed by atoms with Gasteiger partial charge in [0, 0.05) is 11.1 Å². The zero-order valence-corrected chi connectivity index (χ0v) is 18.3. The standard InChI is InChI=1S/C24H21N3O4S/c1-16-11-13-19(14-12-16)32(29,30)27-26-24-20(15-18-8-4-6-10-22(18)31-24)23(28)25-21-9-5-3-7-17(21)2/h3-15,27H,1-2H3,(H,25,28). The summed E-state index contributed by atoms with van der Waals surface area (Å²) >= 11 is 0. The van der Waals surface area contributed by atoms with Gasteiger partial charge in [-0.3, -0.25) is 4.79 Å². The SMILES string of the molecule is Cc1ccc(S(=O)(=O)NN=c2oc3ccccc3cc2C(=O)Nc2ccccc2C)cc1. The first-order chi connectivity index (χ1) is 15.3. The molecule has 0 spiro atoms. The van der Waals surface area contributed by atoms with E-state index >= 15 is 0 Å². The fourth-order valence-corrected chi connectivity index (χ4v) is 3.89. The molecule has 0 bridgehead atoms. The van der Waals surface area contributed by atoms with Gasteiger partial charge in [-0.15, -0.1) is 5.10 Å². The number of nitrogens with zero attached hydrogens (tertiary/aromatic N) is 1. The highest BCUT2D eigenvalue weighted by atomic mass is 32.2. The lowest BCUT2D eigenvalue weighted by atomic mass is 10.1. The van der Waals surface area contributed by atoms with E-state index in [9.17, 15) is 13.2 Å². The molecule has 2 N–H and O–H groups in total. The zero-order valence-electron chi connectivity index (χ0n) is 17.5. The summed E-state index contributed by atoms with van der Waals surface area (Å²) in [5.74, 6) is -0.470. The number of aryl methyl sites for hydroxylation is 2. The molecule has 1 amide bonds. The average Bonchev–Trinajstić information content (AvgIpc) is 2.79. The third kappa shape index (κ3) is 4.55. The number of hydrogen-bond donors (Lipinski definition) is 2. The third-order valence-electron chi connectivity index (χ3n) is 4.89. The van der Waals surface area contributed by atoms with Crippen LogP contribution < -0.4 is 15.7 Å². The molecule has 4 aromatic rings. The number of fused-ring (bicyclic) bond motifs is 1. The summed E-state index contributed by atoms with van der Waals surface area (Å²) in [6.07, 6.45) is 0. The molecule has 8 heteroatoms. The van der Waals surface area contributed by atoms with Gasteiger partial charge in [-0.05, 0) is 49.7 Å². The summed E-state index contributed by atoms with van der Waals surface area (Å²) in [4.78, 5) is 15.3. The summed E-state index contributed by atoms with van der Waals surface area (Å²) in [6.45, 7) is 3.74. The Morgan fingerprint density at radius 3 is 2.34 bits per heavy atom. The highest BCUT2D eigenvalue weighted by molar-refractivity contribution is 7.89. The predicted molar refractivity (Wildman–Crippen MR) is 122 cm³/mol. The van der Waals surface area contributed by atoms with Crippen LogP contribution in [-0.4, -0.2) is 14.3 Å². The largest absolute Gasteiger partial charge is 0.436 e. The minimum Gasteiger partial charge on any atom is -0.436 e. The minimum atomic E-state index is -3.94. The Morgan fingerprint density at radius 2 is 1.59 bits per heavy atom. The van der Waals surface area contributed by atoms with E-state index in [2.05, 4.69) is 15.2 Å². The van der Waals surface area contributed by atoms with Crippen LogP contribution in [0, 0.1) is 13.8 Å². The topological polar surface area (TPSA) is 101 Å². The maximum atomic E-state index is 13.1. The van der Waals surface area contributed by atoms with Crippen LogP contribution >= 0.6 is 0 Å². The lowest BCUT2D eigenvalue weighted by Crippen LogP contribution is -2.27. The first-order valence-corrected chi connectivity index (χ1v) is 11.3. The lowest BCUT2D eigenvalue weighted by Gasteiger charge is -2.09. The summed E-state index contributed by atoms with van der Waals surface area (Å²) < 4.78 is 31.1. The molecular formula is C24H21N3O4S. The number of sulfonamides is 1. The number of rotatable bonds is 5. The number of anilines is 1. The van der Waals surface area contributed by atoms with Crippen LogP contribution in [0.1, 0.15) is 21.5 Å². The predicted octanol–water partition coefficient (Wildman–Crippen LogP) is 4.10. The van der Waals surface area contributed by atoms with Crippen LogP contribution in [0.5, 0.6) is 0 Å². The molecule has 0 aliphatic carbocycles. The maximum absolute atomic E-state index is 13.1. The van der Waals surface area contributed by atoms with Gasteiger partial charge in [-0.2, -0.15) is 13.2 Å². The van der Waals surface area contributed by atoms with Crippen molar-refractivity contribution < 1.29 is 17.6 Å². The zero-order chi connectivity index (χ0) is 22.7. The van der Waals surface area contributed by atoms with E-state index in [4.69, 9.17) is 4.42 Å². The smallest absolute Gasteiger partial charge is 0.276 e. The van der Waals surface area contributed by atoms with Crippen LogP contribution in [0.3, 0.4) is 0 Å². The molecular weight excluding hydrogens is 426 g/mol. The first-order valence-electron chi connectivity index (χ1n) is 9.85. The molecule has 1 aromatic heterocycles. The fourth-order valence-electron chi connectivity index (χ4n) is 3.09. The van der Waals surface area contributed by atoms with Crippen LogP contribution in [0.4, 0.5) is 5.69 Å². The quantitative estimate of drug-likeness (QED) is 0.450. The molecule has 0 aliphatic heterocycles. The highest BCUT2D eigenvalue weighted by Crippen LogP contribution is 2.17. The van der Waals surface area contributed by atoms with Gasteiger partial charge in [0.25, 0.3) is 15.9 Å². The minimum absolute atomic E-state index is 0.0542. The molecule has 0 saturated heterocycles. The number of nitrogens with one attached hydrogen (secondary N) is 2. The molecule has 1 heterocycles. The molecule has 32 heavy (non-hydrogen) atoms. The Morgan fingerprint density at radius 1 is 0.906 bits per heavy atom. The van der Waals surface area contributed by atoms with Crippen molar-refractivity contribution in [1.82, 2.24) is 4.83 Å². The van der Waals surface area contributed by atoms with Crippen LogP contribution in [0.15, 0.2) is 93.3 Å². The Hall–Kier alpha value is -3.91. The van der Waals surface area contributed by atoms with Gasteiger partial charge in [0.2, 0.25) is 5.55 Å². The van der Waals surface area contributed by atoms with Gasteiger partial charge >= 0.3 is 0 Å². The fraction of sp³-hybridized carbons (Fsp3) is 0.0833. The van der Waals surface area contributed by atoms with Gasteiger partial charge in [0.1, 0.15) is 11.1 Å². The average molecular weight is 448 g/mol. The molecule has 3 aromatic carbocycles. The van der Waals surface area contributed by atoms with Crippen molar-refractivity contribution in [3.05, 3.63) is 101 Å². The summed E-state index contributed by atoms with van der Waals surface area (Å²) in [6, 6.07) is 22.4. The lowest BCUT2D eigenvalue weighted by molar-refractivity contribution is 0.102. The van der Waals surface area contributed by atoms with Crippen molar-refractivity contribution in [2.75, 3.05) is 5.32 Å². The van der Waals surface area contributed by atoms with E-state index in [1.165, 1.54) is 12.1 Å². The van der Waals surface area contributed by atoms with Crippen molar-refractivity contribution in [2.24, 2.45) is 5.10 Å². The van der Waals surface area contributed by atoms with Crippen molar-refractivity contribution >= 4 is 32.6 Å². The number of carbonyl (C=O) groups excluding carboxylic acids is 1. The van der Waals surface area contributed by atoms with Gasteiger partial charge in [-0.25, -0.2) is 0 Å². The van der Waals surface area contributed by atoms with Crippen molar-refractivity contribution in [3.8, 4) is 0 Å².